The Morgan fingerprint density at radius 3 is 2.29 bits per heavy atom. The molecule has 0 saturated heterocycles. The highest BCUT2D eigenvalue weighted by atomic mass is 35.5. The molecule has 3 N–H and O–H groups in total. The van der Waals surface area contributed by atoms with Gasteiger partial charge >= 0.3 is 6.18 Å². The average molecular weight is 644 g/mol. The van der Waals surface area contributed by atoms with Crippen LogP contribution in [0.25, 0.3) is 11.3 Å². The molecule has 1 fully saturated rings. The summed E-state index contributed by atoms with van der Waals surface area (Å²) < 4.78 is 93.4. The fraction of sp³-hybridized carbons (Fsp3) is 0.654. The van der Waals surface area contributed by atoms with Gasteiger partial charge in [0.2, 0.25) is 0 Å². The van der Waals surface area contributed by atoms with Crippen LogP contribution in [-0.2, 0) is 22.3 Å². The van der Waals surface area contributed by atoms with Crippen molar-refractivity contribution < 1.29 is 40.3 Å². The lowest BCUT2D eigenvalue weighted by Gasteiger charge is -2.35. The van der Waals surface area contributed by atoms with Crippen LogP contribution in [-0.4, -0.2) is 69.6 Å². The van der Waals surface area contributed by atoms with E-state index in [4.69, 9.17) is 11.6 Å². The van der Waals surface area contributed by atoms with Gasteiger partial charge in [0.05, 0.1) is 28.0 Å². The van der Waals surface area contributed by atoms with E-state index in [0.29, 0.717) is 6.92 Å². The first-order valence-corrected chi connectivity index (χ1v) is 15.6. The number of anilines is 1. The molecule has 1 amide bonds. The number of aryl methyl sites for hydroxylation is 1. The predicted octanol–water partition coefficient (Wildman–Crippen LogP) is 5.32. The zero-order chi connectivity index (χ0) is 31.9. The Morgan fingerprint density at radius 1 is 1.19 bits per heavy atom. The number of aromatic nitrogens is 3. The minimum absolute atomic E-state index is 0.0400. The summed E-state index contributed by atoms with van der Waals surface area (Å²) in [6, 6.07) is 0.943. The van der Waals surface area contributed by atoms with Gasteiger partial charge in [-0.25, -0.2) is 22.2 Å². The number of amides is 1. The van der Waals surface area contributed by atoms with Gasteiger partial charge in [0.1, 0.15) is 15.7 Å². The second kappa shape index (κ2) is 11.9. The average Bonchev–Trinajstić information content (AvgIpc) is 3.16. The number of nitrogens with zero attached hydrogens (tertiary/aromatic N) is 3. The third kappa shape index (κ3) is 8.31. The molecule has 1 aliphatic carbocycles. The third-order valence-electron chi connectivity index (χ3n) is 7.20. The summed E-state index contributed by atoms with van der Waals surface area (Å²) in [5, 5.41) is 19.3. The van der Waals surface area contributed by atoms with Gasteiger partial charge in [-0.1, -0.05) is 11.6 Å². The Morgan fingerprint density at radius 2 is 1.79 bits per heavy atom. The first-order chi connectivity index (χ1) is 19.1. The predicted molar refractivity (Wildman–Crippen MR) is 148 cm³/mol. The Balaban J connectivity index is 1.90. The van der Waals surface area contributed by atoms with Crippen molar-refractivity contribution in [3.05, 3.63) is 28.5 Å². The number of hydrogen-bond acceptors (Lipinski definition) is 7. The highest BCUT2D eigenvalue weighted by Crippen LogP contribution is 2.41. The van der Waals surface area contributed by atoms with Crippen LogP contribution < -0.4 is 10.6 Å². The fourth-order valence-electron chi connectivity index (χ4n) is 5.10. The maximum absolute atomic E-state index is 14.8. The van der Waals surface area contributed by atoms with Crippen LogP contribution in [0.4, 0.5) is 27.8 Å². The van der Waals surface area contributed by atoms with Crippen molar-refractivity contribution in [2.75, 3.05) is 18.1 Å². The van der Waals surface area contributed by atoms with Gasteiger partial charge in [0.25, 0.3) is 11.8 Å². The minimum atomic E-state index is -4.50. The molecule has 0 bridgehead atoms. The molecule has 1 aliphatic rings. The summed E-state index contributed by atoms with van der Waals surface area (Å²) in [4.78, 5) is 17.1. The van der Waals surface area contributed by atoms with Crippen molar-refractivity contribution in [2.45, 2.75) is 94.8 Å². The van der Waals surface area contributed by atoms with E-state index in [-0.39, 0.29) is 66.6 Å². The summed E-state index contributed by atoms with van der Waals surface area (Å²) in [6.07, 6.45) is -2.79. The molecule has 2 aromatic heterocycles. The molecule has 9 nitrogen and oxygen atoms in total. The maximum Gasteiger partial charge on any atom is 0.391 e. The second-order valence-corrected chi connectivity index (χ2v) is 14.3. The van der Waals surface area contributed by atoms with Crippen molar-refractivity contribution >= 4 is 33.2 Å². The first kappa shape index (κ1) is 34.0. The lowest BCUT2D eigenvalue weighted by atomic mass is 9.84. The highest BCUT2D eigenvalue weighted by molar-refractivity contribution is 7.91. The normalized spacial score (nSPS) is 20.4. The molecule has 0 unspecified atom stereocenters. The molecule has 1 saturated carbocycles. The molecule has 2 aromatic rings. The molecule has 3 rings (SSSR count). The molecule has 236 valence electrons. The summed E-state index contributed by atoms with van der Waals surface area (Å²) in [5.41, 5.74) is -3.98. The quantitative estimate of drug-likeness (QED) is 0.299. The van der Waals surface area contributed by atoms with Gasteiger partial charge < -0.3 is 15.7 Å². The number of nitrogens with one attached hydrogen (secondary N) is 2. The number of hydrogen-bond donors (Lipinski definition) is 3. The summed E-state index contributed by atoms with van der Waals surface area (Å²) in [7, 11) is -3.26. The van der Waals surface area contributed by atoms with E-state index in [1.807, 2.05) is 0 Å². The molecular weight excluding hydrogens is 609 g/mol. The van der Waals surface area contributed by atoms with Crippen LogP contribution in [0.2, 0.25) is 5.02 Å². The van der Waals surface area contributed by atoms with E-state index in [0.717, 1.165) is 18.5 Å². The molecule has 0 aliphatic heterocycles. The summed E-state index contributed by atoms with van der Waals surface area (Å²) in [5.74, 6) is -4.47. The fourth-order valence-corrected chi connectivity index (χ4v) is 6.52. The highest BCUT2D eigenvalue weighted by Gasteiger charge is 2.39. The molecule has 0 aromatic carbocycles. The van der Waals surface area contributed by atoms with Crippen LogP contribution in [0.3, 0.4) is 0 Å². The number of carbonyl (C=O) groups excluding carboxylic acids is 1. The van der Waals surface area contributed by atoms with Crippen LogP contribution in [0, 0.1) is 0 Å². The minimum Gasteiger partial charge on any atom is -0.388 e. The number of aliphatic hydroxyl groups is 1. The SMILES string of the molecule is CCn1nc(C(=O)NCC2(O)CCC(S(C)(=O)=O)CC2)c(Cl)c1-c1cnc(NC(C)(C)CC(F)(F)F)cc1C(C)(F)F. The summed E-state index contributed by atoms with van der Waals surface area (Å²) >= 11 is 6.52. The molecule has 42 heavy (non-hydrogen) atoms. The maximum atomic E-state index is 14.8. The van der Waals surface area contributed by atoms with Gasteiger partial charge in [-0.3, -0.25) is 9.48 Å². The van der Waals surface area contributed by atoms with Crippen LogP contribution in [0.1, 0.15) is 75.9 Å². The zero-order valence-corrected chi connectivity index (χ0v) is 25.4. The monoisotopic (exact) mass is 643 g/mol. The van der Waals surface area contributed by atoms with Crippen molar-refractivity contribution in [1.82, 2.24) is 20.1 Å². The van der Waals surface area contributed by atoms with Crippen molar-refractivity contribution in [3.63, 3.8) is 0 Å². The lowest BCUT2D eigenvalue weighted by Crippen LogP contribution is -2.47. The zero-order valence-electron chi connectivity index (χ0n) is 23.9. The molecule has 16 heteroatoms. The van der Waals surface area contributed by atoms with Gasteiger partial charge in [-0.2, -0.15) is 18.3 Å². The number of halogens is 6. The van der Waals surface area contributed by atoms with Crippen LogP contribution in [0.15, 0.2) is 12.3 Å². The molecule has 0 radical (unpaired) electrons. The largest absolute Gasteiger partial charge is 0.391 e. The van der Waals surface area contributed by atoms with Crippen LogP contribution >= 0.6 is 11.6 Å². The van der Waals surface area contributed by atoms with Gasteiger partial charge in [0, 0.05) is 49.1 Å². The number of pyridine rings is 1. The van der Waals surface area contributed by atoms with Crippen molar-refractivity contribution in [3.8, 4) is 11.3 Å². The standard InChI is InChI=1S/C26H35ClF5N5O4S/c1-6-37-21(16-12-33-18(11-17(16)24(4,28)29)35-23(2,3)13-26(30,31)32)19(27)20(36-37)22(38)34-14-25(39)9-7-15(8-10-25)42(5,40)41/h11-12,15,39H,6-10,13-14H2,1-5H3,(H,33,35)(H,34,38). The lowest BCUT2D eigenvalue weighted by molar-refractivity contribution is -0.142. The topological polar surface area (TPSA) is 126 Å². The van der Waals surface area contributed by atoms with Crippen LogP contribution in [0.5, 0.6) is 0 Å². The molecule has 0 atom stereocenters. The summed E-state index contributed by atoms with van der Waals surface area (Å²) in [6.45, 7) is 4.70. The molecule has 0 spiro atoms. The Labute approximate surface area is 246 Å². The third-order valence-corrected chi connectivity index (χ3v) is 9.24. The van der Waals surface area contributed by atoms with E-state index in [9.17, 15) is 40.3 Å². The van der Waals surface area contributed by atoms with Gasteiger partial charge in [-0.15, -0.1) is 0 Å². The number of rotatable bonds is 10. The molecular formula is C26H35ClF5N5O4S. The van der Waals surface area contributed by atoms with E-state index in [1.54, 1.807) is 6.92 Å². The van der Waals surface area contributed by atoms with Gasteiger partial charge in [0.15, 0.2) is 5.69 Å². The smallest absolute Gasteiger partial charge is 0.388 e. The van der Waals surface area contributed by atoms with Gasteiger partial charge in [-0.05, 0) is 52.5 Å². The number of carbonyl (C=O) groups is 1. The van der Waals surface area contributed by atoms with E-state index in [1.165, 1.54) is 18.5 Å². The Hall–Kier alpha value is -2.52. The van der Waals surface area contributed by atoms with E-state index < -0.39 is 56.2 Å². The van der Waals surface area contributed by atoms with E-state index in [2.05, 4.69) is 20.7 Å². The van der Waals surface area contributed by atoms with Crippen molar-refractivity contribution in [2.24, 2.45) is 0 Å². The number of alkyl halides is 5. The van der Waals surface area contributed by atoms with Crippen molar-refractivity contribution in [1.29, 1.82) is 0 Å². The number of sulfone groups is 1. The molecule has 2 heterocycles. The first-order valence-electron chi connectivity index (χ1n) is 13.2. The Bertz CT molecular complexity index is 1420. The Kier molecular flexibility index (Phi) is 9.60. The van der Waals surface area contributed by atoms with E-state index >= 15 is 0 Å². The second-order valence-electron chi connectivity index (χ2n) is 11.6.